The van der Waals surface area contributed by atoms with Gasteiger partial charge in [0.25, 0.3) is 6.43 Å². The first kappa shape index (κ1) is 25.8. The number of benzene rings is 2. The van der Waals surface area contributed by atoms with E-state index in [0.717, 1.165) is 29.9 Å². The van der Waals surface area contributed by atoms with Crippen molar-refractivity contribution in [2.24, 2.45) is 0 Å². The topological polar surface area (TPSA) is 44.1 Å². The van der Waals surface area contributed by atoms with Crippen molar-refractivity contribution in [2.75, 3.05) is 6.61 Å². The second-order valence-electron chi connectivity index (χ2n) is 9.45. The van der Waals surface area contributed by atoms with E-state index in [9.17, 15) is 22.4 Å². The minimum absolute atomic E-state index is 0.167. The molecule has 3 aromatic rings. The lowest BCUT2D eigenvalue weighted by molar-refractivity contribution is 0.0836. The van der Waals surface area contributed by atoms with E-state index >= 15 is 0 Å². The molecule has 0 bridgehead atoms. The van der Waals surface area contributed by atoms with Gasteiger partial charge in [-0.15, -0.1) is 0 Å². The summed E-state index contributed by atoms with van der Waals surface area (Å²) in [4.78, 5) is 15.9. The summed E-state index contributed by atoms with van der Waals surface area (Å²) in [5, 5.41) is 0. The smallest absolute Gasteiger partial charge is 0.266 e. The monoisotopic (exact) mass is 492 g/mol. The summed E-state index contributed by atoms with van der Waals surface area (Å²) in [5.41, 5.74) is 0.682. The molecule has 0 N–H and O–H groups in total. The Kier molecular flexibility index (Phi) is 8.09. The van der Waals surface area contributed by atoms with Crippen molar-refractivity contribution in [1.82, 2.24) is 9.55 Å². The first-order valence-corrected chi connectivity index (χ1v) is 14.6. The van der Waals surface area contributed by atoms with Crippen molar-refractivity contribution in [3.8, 4) is 0 Å². The van der Waals surface area contributed by atoms with Crippen LogP contribution in [0.1, 0.15) is 50.9 Å². The van der Waals surface area contributed by atoms with Crippen molar-refractivity contribution in [3.63, 3.8) is 0 Å². The minimum atomic E-state index is -3.01. The molecule has 0 saturated carbocycles. The second kappa shape index (κ2) is 10.6. The Bertz CT molecular complexity index is 1160. The van der Waals surface area contributed by atoms with Crippen LogP contribution in [0.15, 0.2) is 42.6 Å². The van der Waals surface area contributed by atoms with Gasteiger partial charge in [0.1, 0.15) is 24.2 Å². The van der Waals surface area contributed by atoms with Gasteiger partial charge in [0, 0.05) is 26.6 Å². The summed E-state index contributed by atoms with van der Waals surface area (Å²) in [5.74, 6) is -2.01. The summed E-state index contributed by atoms with van der Waals surface area (Å²) in [6.07, 6.45) is -0.986. The molecule has 0 aliphatic rings. The molecule has 2 aromatic carbocycles. The Morgan fingerprint density at radius 2 is 1.71 bits per heavy atom. The van der Waals surface area contributed by atoms with Gasteiger partial charge in [-0.1, -0.05) is 31.8 Å². The summed E-state index contributed by atoms with van der Waals surface area (Å²) >= 11 is 0. The number of aromatic nitrogens is 2. The molecule has 1 aromatic heterocycles. The quantitative estimate of drug-likeness (QED) is 0.137. The van der Waals surface area contributed by atoms with E-state index in [1.165, 1.54) is 18.2 Å². The van der Waals surface area contributed by atoms with Crippen molar-refractivity contribution in [3.05, 3.63) is 88.0 Å². The van der Waals surface area contributed by atoms with Crippen LogP contribution in [0.3, 0.4) is 0 Å². The van der Waals surface area contributed by atoms with E-state index in [4.69, 9.17) is 4.74 Å². The van der Waals surface area contributed by atoms with E-state index in [1.54, 1.807) is 6.20 Å². The molecule has 1 unspecified atom stereocenters. The largest absolute Gasteiger partial charge is 0.361 e. The third kappa shape index (κ3) is 6.01. The van der Waals surface area contributed by atoms with Crippen LogP contribution in [0.2, 0.25) is 25.7 Å². The highest BCUT2D eigenvalue weighted by Crippen LogP contribution is 2.35. The molecule has 0 spiro atoms. The van der Waals surface area contributed by atoms with Gasteiger partial charge in [0.2, 0.25) is 0 Å². The minimum Gasteiger partial charge on any atom is -0.361 e. The highest BCUT2D eigenvalue weighted by molar-refractivity contribution is 6.76. The molecule has 1 heterocycles. The van der Waals surface area contributed by atoms with Gasteiger partial charge >= 0.3 is 0 Å². The fourth-order valence-corrected chi connectivity index (χ4v) is 4.40. The van der Waals surface area contributed by atoms with Gasteiger partial charge in [-0.25, -0.2) is 22.5 Å². The zero-order valence-corrected chi connectivity index (χ0v) is 20.6. The highest BCUT2D eigenvalue weighted by Gasteiger charge is 2.26. The van der Waals surface area contributed by atoms with Gasteiger partial charge in [-0.3, -0.25) is 4.79 Å². The molecule has 182 valence electrons. The van der Waals surface area contributed by atoms with Crippen LogP contribution >= 0.6 is 0 Å². The number of aryl methyl sites for hydroxylation is 1. The summed E-state index contributed by atoms with van der Waals surface area (Å²) < 4.78 is 62.7. The first-order chi connectivity index (χ1) is 16.0. The van der Waals surface area contributed by atoms with Crippen LogP contribution < -0.4 is 0 Å². The van der Waals surface area contributed by atoms with E-state index in [2.05, 4.69) is 24.6 Å². The van der Waals surface area contributed by atoms with E-state index in [1.807, 2.05) is 11.5 Å². The van der Waals surface area contributed by atoms with Crippen molar-refractivity contribution >= 4 is 14.4 Å². The van der Waals surface area contributed by atoms with E-state index in [-0.39, 0.29) is 12.3 Å². The first-order valence-electron chi connectivity index (χ1n) is 10.9. The molecule has 0 saturated heterocycles. The zero-order valence-electron chi connectivity index (χ0n) is 19.6. The number of aldehydes is 1. The predicted octanol–water partition coefficient (Wildman–Crippen LogP) is 6.71. The maximum Gasteiger partial charge on any atom is 0.266 e. The van der Waals surface area contributed by atoms with Crippen LogP contribution in [0, 0.1) is 18.6 Å². The molecule has 0 aliphatic heterocycles. The second-order valence-corrected chi connectivity index (χ2v) is 15.1. The van der Waals surface area contributed by atoms with Gasteiger partial charge in [0.15, 0.2) is 6.29 Å². The van der Waals surface area contributed by atoms with Crippen molar-refractivity contribution in [2.45, 2.75) is 51.7 Å². The summed E-state index contributed by atoms with van der Waals surface area (Å²) in [6.45, 7) is 9.33. The zero-order chi connectivity index (χ0) is 25.0. The number of carbonyl (C=O) groups excluding carboxylic acids is 1. The lowest BCUT2D eigenvalue weighted by Gasteiger charge is -2.22. The number of hydrogen-bond donors (Lipinski definition) is 0. The normalized spacial score (nSPS) is 12.9. The predicted molar refractivity (Wildman–Crippen MR) is 125 cm³/mol. The fourth-order valence-electron chi connectivity index (χ4n) is 3.64. The van der Waals surface area contributed by atoms with E-state index < -0.39 is 37.6 Å². The summed E-state index contributed by atoms with van der Waals surface area (Å²) in [7, 11) is -1.30. The number of imidazole rings is 1. The lowest BCUT2D eigenvalue weighted by Crippen LogP contribution is -2.22. The van der Waals surface area contributed by atoms with Crippen LogP contribution in [-0.2, 0) is 11.5 Å². The number of alkyl halides is 2. The Hall–Kier alpha value is -2.78. The molecule has 0 amide bonds. The highest BCUT2D eigenvalue weighted by atomic mass is 28.3. The Morgan fingerprint density at radius 3 is 2.32 bits per heavy atom. The number of carbonyl (C=O) groups is 1. The number of hydrogen-bond acceptors (Lipinski definition) is 3. The molecular formula is C25H28F4N2O2Si. The number of ether oxygens (including phenoxy) is 1. The molecule has 0 fully saturated rings. The maximum atomic E-state index is 14.0. The van der Waals surface area contributed by atoms with Gasteiger partial charge < -0.3 is 9.30 Å². The Balaban J connectivity index is 2.09. The number of halogens is 4. The molecular weight excluding hydrogens is 464 g/mol. The van der Waals surface area contributed by atoms with Crippen LogP contribution in [0.25, 0.3) is 0 Å². The van der Waals surface area contributed by atoms with Gasteiger partial charge in [-0.2, -0.15) is 0 Å². The van der Waals surface area contributed by atoms with E-state index in [0.29, 0.717) is 29.8 Å². The number of nitrogens with zero attached hydrogens (tertiary/aromatic N) is 2. The maximum absolute atomic E-state index is 14.0. The SMILES string of the molecule is Cc1cnc(C(c2ccc(F)c(C=O)c2)c2ccc(F)c(C(F)F)c2)n1COCC[Si](C)(C)C. The molecule has 1 atom stereocenters. The Labute approximate surface area is 197 Å². The molecule has 9 heteroatoms. The molecule has 0 aliphatic carbocycles. The van der Waals surface area contributed by atoms with Crippen LogP contribution in [-0.4, -0.2) is 30.5 Å². The van der Waals surface area contributed by atoms with Crippen LogP contribution in [0.4, 0.5) is 17.6 Å². The molecule has 0 radical (unpaired) electrons. The van der Waals surface area contributed by atoms with Gasteiger partial charge in [0.05, 0.1) is 17.0 Å². The number of rotatable bonds is 10. The molecule has 3 rings (SSSR count). The van der Waals surface area contributed by atoms with Gasteiger partial charge in [-0.05, 0) is 48.4 Å². The third-order valence-electron chi connectivity index (χ3n) is 5.63. The lowest BCUT2D eigenvalue weighted by atomic mass is 9.88. The average molecular weight is 493 g/mol. The summed E-state index contributed by atoms with van der Waals surface area (Å²) in [6, 6.07) is 8.42. The standard InChI is InChI=1S/C25H28F4N2O2Si/c1-16-13-30-25(31(16)15-33-9-10-34(2,3)4)23(17-5-7-21(26)19(11-17)14-32)18-6-8-22(27)20(12-18)24(28)29/h5-8,11-14,23-24H,9-10,15H2,1-4H3. The molecule has 4 nitrogen and oxygen atoms in total. The fraction of sp³-hybridized carbons (Fsp3) is 0.360. The van der Waals surface area contributed by atoms with Crippen molar-refractivity contribution in [1.29, 1.82) is 0 Å². The van der Waals surface area contributed by atoms with Crippen LogP contribution in [0.5, 0.6) is 0 Å². The average Bonchev–Trinajstić information content (AvgIpc) is 3.12. The van der Waals surface area contributed by atoms with Crippen molar-refractivity contribution < 1.29 is 27.1 Å². The molecule has 34 heavy (non-hydrogen) atoms. The third-order valence-corrected chi connectivity index (χ3v) is 7.33. The Morgan fingerprint density at radius 1 is 1.06 bits per heavy atom.